The van der Waals surface area contributed by atoms with Crippen molar-refractivity contribution in [1.29, 1.82) is 0 Å². The summed E-state index contributed by atoms with van der Waals surface area (Å²) < 4.78 is 10.5. The summed E-state index contributed by atoms with van der Waals surface area (Å²) in [5, 5.41) is 0. The van der Waals surface area contributed by atoms with E-state index in [4.69, 9.17) is 20.9 Å². The molecule has 0 spiro atoms. The van der Waals surface area contributed by atoms with Gasteiger partial charge in [0.15, 0.2) is 11.5 Å². The lowest BCUT2D eigenvalue weighted by Crippen LogP contribution is -2.33. The first-order valence-corrected chi connectivity index (χ1v) is 6.08. The van der Waals surface area contributed by atoms with E-state index in [1.54, 1.807) is 14.2 Å². The fraction of sp³-hybridized carbons (Fsp3) is 0.538. The third kappa shape index (κ3) is 4.18. The summed E-state index contributed by atoms with van der Waals surface area (Å²) in [6, 6.07) is 5.93. The second-order valence-corrected chi connectivity index (χ2v) is 4.04. The molecule has 4 N–H and O–H groups in total. The average molecular weight is 253 g/mol. The molecule has 1 rings (SSSR count). The standard InChI is InChI=1S/C13H23N3O2/c1-17-12-4-3-11(9-13(12)18-2)10-16(7-5-14)8-6-15/h3-4,9H,5-8,10,14-15H2,1-2H3. The fourth-order valence-electron chi connectivity index (χ4n) is 1.87. The highest BCUT2D eigenvalue weighted by Crippen LogP contribution is 2.27. The number of nitrogens with zero attached hydrogens (tertiary/aromatic N) is 1. The largest absolute Gasteiger partial charge is 0.493 e. The fourth-order valence-corrected chi connectivity index (χ4v) is 1.87. The predicted molar refractivity (Wildman–Crippen MR) is 72.9 cm³/mol. The Morgan fingerprint density at radius 2 is 1.61 bits per heavy atom. The molecule has 1 aromatic rings. The summed E-state index contributed by atoms with van der Waals surface area (Å²) in [5.74, 6) is 1.49. The van der Waals surface area contributed by atoms with Crippen LogP contribution >= 0.6 is 0 Å². The molecule has 0 aromatic heterocycles. The Balaban J connectivity index is 2.76. The maximum atomic E-state index is 5.59. The monoisotopic (exact) mass is 253 g/mol. The minimum Gasteiger partial charge on any atom is -0.493 e. The van der Waals surface area contributed by atoms with Crippen molar-refractivity contribution in [2.75, 3.05) is 40.4 Å². The molecule has 0 bridgehead atoms. The Bertz CT molecular complexity index is 352. The van der Waals surface area contributed by atoms with Crippen molar-refractivity contribution in [2.45, 2.75) is 6.54 Å². The summed E-state index contributed by atoms with van der Waals surface area (Å²) >= 11 is 0. The zero-order valence-electron chi connectivity index (χ0n) is 11.2. The first kappa shape index (κ1) is 14.8. The number of hydrogen-bond acceptors (Lipinski definition) is 5. The van der Waals surface area contributed by atoms with Crippen LogP contribution in [0.5, 0.6) is 11.5 Å². The predicted octanol–water partition coefficient (Wildman–Crippen LogP) is 0.423. The molecule has 0 aliphatic rings. The highest BCUT2D eigenvalue weighted by Gasteiger charge is 2.08. The van der Waals surface area contributed by atoms with Gasteiger partial charge in [-0.2, -0.15) is 0 Å². The van der Waals surface area contributed by atoms with E-state index in [1.165, 1.54) is 0 Å². The van der Waals surface area contributed by atoms with Crippen LogP contribution in [0.4, 0.5) is 0 Å². The van der Waals surface area contributed by atoms with Gasteiger partial charge >= 0.3 is 0 Å². The van der Waals surface area contributed by atoms with E-state index in [0.717, 1.165) is 36.7 Å². The summed E-state index contributed by atoms with van der Waals surface area (Å²) in [7, 11) is 3.27. The number of methoxy groups -OCH3 is 2. The minimum absolute atomic E-state index is 0.632. The second-order valence-electron chi connectivity index (χ2n) is 4.04. The van der Waals surface area contributed by atoms with E-state index in [-0.39, 0.29) is 0 Å². The van der Waals surface area contributed by atoms with Crippen LogP contribution in [-0.4, -0.2) is 45.3 Å². The number of rotatable bonds is 8. The molecule has 0 aliphatic carbocycles. The molecule has 5 heteroatoms. The molecule has 0 saturated carbocycles. The van der Waals surface area contributed by atoms with Gasteiger partial charge in [0.2, 0.25) is 0 Å². The van der Waals surface area contributed by atoms with Crippen molar-refractivity contribution < 1.29 is 9.47 Å². The number of nitrogens with two attached hydrogens (primary N) is 2. The van der Waals surface area contributed by atoms with Crippen molar-refractivity contribution in [3.8, 4) is 11.5 Å². The van der Waals surface area contributed by atoms with Gasteiger partial charge in [-0.05, 0) is 17.7 Å². The van der Waals surface area contributed by atoms with Crippen LogP contribution in [-0.2, 0) is 6.54 Å². The molecule has 5 nitrogen and oxygen atoms in total. The van der Waals surface area contributed by atoms with Gasteiger partial charge in [0, 0.05) is 32.7 Å². The van der Waals surface area contributed by atoms with E-state index < -0.39 is 0 Å². The van der Waals surface area contributed by atoms with E-state index in [1.807, 2.05) is 18.2 Å². The minimum atomic E-state index is 0.632. The van der Waals surface area contributed by atoms with Crippen LogP contribution in [0.15, 0.2) is 18.2 Å². The smallest absolute Gasteiger partial charge is 0.161 e. The molecule has 0 unspecified atom stereocenters. The third-order valence-corrected chi connectivity index (χ3v) is 2.74. The Labute approximate surface area is 109 Å². The Kier molecular flexibility index (Phi) is 6.49. The number of benzene rings is 1. The van der Waals surface area contributed by atoms with Crippen molar-refractivity contribution in [3.05, 3.63) is 23.8 Å². The van der Waals surface area contributed by atoms with Crippen LogP contribution < -0.4 is 20.9 Å². The quantitative estimate of drug-likeness (QED) is 0.702. The SMILES string of the molecule is COc1ccc(CN(CCN)CCN)cc1OC. The van der Waals surface area contributed by atoms with Crippen LogP contribution in [0, 0.1) is 0 Å². The van der Waals surface area contributed by atoms with Crippen molar-refractivity contribution in [3.63, 3.8) is 0 Å². The van der Waals surface area contributed by atoms with Crippen LogP contribution in [0.1, 0.15) is 5.56 Å². The lowest BCUT2D eigenvalue weighted by atomic mass is 10.2. The van der Waals surface area contributed by atoms with Crippen molar-refractivity contribution >= 4 is 0 Å². The molecule has 1 aromatic carbocycles. The van der Waals surface area contributed by atoms with Gasteiger partial charge in [0.25, 0.3) is 0 Å². The van der Waals surface area contributed by atoms with Crippen LogP contribution in [0.2, 0.25) is 0 Å². The van der Waals surface area contributed by atoms with E-state index in [9.17, 15) is 0 Å². The summed E-state index contributed by atoms with van der Waals surface area (Å²) in [6.07, 6.45) is 0. The van der Waals surface area contributed by atoms with Gasteiger partial charge < -0.3 is 20.9 Å². The topological polar surface area (TPSA) is 73.7 Å². The molecule has 102 valence electrons. The summed E-state index contributed by atoms with van der Waals surface area (Å²) in [4.78, 5) is 2.22. The van der Waals surface area contributed by atoms with Gasteiger partial charge in [-0.1, -0.05) is 6.07 Å². The highest BCUT2D eigenvalue weighted by atomic mass is 16.5. The first-order valence-electron chi connectivity index (χ1n) is 6.08. The molecule has 18 heavy (non-hydrogen) atoms. The van der Waals surface area contributed by atoms with Crippen LogP contribution in [0.25, 0.3) is 0 Å². The van der Waals surface area contributed by atoms with Crippen molar-refractivity contribution in [2.24, 2.45) is 11.5 Å². The van der Waals surface area contributed by atoms with Gasteiger partial charge in [-0.25, -0.2) is 0 Å². The van der Waals surface area contributed by atoms with Gasteiger partial charge in [-0.15, -0.1) is 0 Å². The molecular formula is C13H23N3O2. The molecule has 0 fully saturated rings. The molecule has 0 heterocycles. The van der Waals surface area contributed by atoms with Crippen molar-refractivity contribution in [1.82, 2.24) is 4.90 Å². The van der Waals surface area contributed by atoms with Gasteiger partial charge in [-0.3, -0.25) is 4.90 Å². The molecule has 0 saturated heterocycles. The molecular weight excluding hydrogens is 230 g/mol. The van der Waals surface area contributed by atoms with E-state index >= 15 is 0 Å². The first-order chi connectivity index (χ1) is 8.74. The Morgan fingerprint density at radius 1 is 1.00 bits per heavy atom. The third-order valence-electron chi connectivity index (χ3n) is 2.74. The second kappa shape index (κ2) is 7.92. The molecule has 0 radical (unpaired) electrons. The van der Waals surface area contributed by atoms with E-state index in [0.29, 0.717) is 13.1 Å². The van der Waals surface area contributed by atoms with Gasteiger partial charge in [0.1, 0.15) is 0 Å². The lowest BCUT2D eigenvalue weighted by molar-refractivity contribution is 0.280. The Morgan fingerprint density at radius 3 is 2.11 bits per heavy atom. The van der Waals surface area contributed by atoms with Crippen LogP contribution in [0.3, 0.4) is 0 Å². The van der Waals surface area contributed by atoms with Gasteiger partial charge in [0.05, 0.1) is 14.2 Å². The zero-order valence-corrected chi connectivity index (χ0v) is 11.2. The summed E-state index contributed by atoms with van der Waals surface area (Å²) in [6.45, 7) is 3.76. The zero-order chi connectivity index (χ0) is 13.4. The number of ether oxygens (including phenoxy) is 2. The highest BCUT2D eigenvalue weighted by molar-refractivity contribution is 5.42. The normalized spacial score (nSPS) is 10.7. The lowest BCUT2D eigenvalue weighted by Gasteiger charge is -2.21. The molecule has 0 aliphatic heterocycles. The average Bonchev–Trinajstić information content (AvgIpc) is 2.39. The molecule has 0 atom stereocenters. The van der Waals surface area contributed by atoms with E-state index in [2.05, 4.69) is 4.90 Å². The summed E-state index contributed by atoms with van der Waals surface area (Å²) in [5.41, 5.74) is 12.3. The maximum Gasteiger partial charge on any atom is 0.161 e. The number of hydrogen-bond donors (Lipinski definition) is 2. The maximum absolute atomic E-state index is 5.59. The Hall–Kier alpha value is -1.30. The molecule has 0 amide bonds.